The van der Waals surface area contributed by atoms with E-state index in [1.54, 1.807) is 36.8 Å². The predicted octanol–water partition coefficient (Wildman–Crippen LogP) is 1.86. The first kappa shape index (κ1) is 14.4. The summed E-state index contributed by atoms with van der Waals surface area (Å²) in [5.41, 5.74) is 0.661. The highest BCUT2D eigenvalue weighted by Gasteiger charge is 2.25. The SMILES string of the molecule is Cc1nccc(OC2CCCN(C(=O)c3ccncc3)C2)n1. The molecule has 114 valence electrons. The van der Waals surface area contributed by atoms with E-state index in [1.165, 1.54) is 0 Å². The molecule has 1 saturated heterocycles. The third kappa shape index (κ3) is 3.39. The van der Waals surface area contributed by atoms with Crippen LogP contribution in [-0.2, 0) is 0 Å². The molecule has 1 unspecified atom stereocenters. The molecule has 0 radical (unpaired) electrons. The van der Waals surface area contributed by atoms with Gasteiger partial charge in [0.05, 0.1) is 6.54 Å². The van der Waals surface area contributed by atoms with Crippen molar-refractivity contribution in [3.05, 3.63) is 48.2 Å². The van der Waals surface area contributed by atoms with Crippen LogP contribution in [0.5, 0.6) is 5.88 Å². The van der Waals surface area contributed by atoms with Gasteiger partial charge in [0.15, 0.2) is 0 Å². The number of piperidine rings is 1. The van der Waals surface area contributed by atoms with Crippen molar-refractivity contribution in [2.45, 2.75) is 25.9 Å². The average molecular weight is 298 g/mol. The molecule has 3 heterocycles. The first-order valence-corrected chi connectivity index (χ1v) is 7.38. The maximum atomic E-state index is 12.5. The molecule has 0 aliphatic carbocycles. The van der Waals surface area contributed by atoms with Crippen LogP contribution in [0.1, 0.15) is 29.0 Å². The zero-order valence-corrected chi connectivity index (χ0v) is 12.5. The molecule has 2 aromatic rings. The third-order valence-corrected chi connectivity index (χ3v) is 3.63. The molecule has 3 rings (SSSR count). The summed E-state index contributed by atoms with van der Waals surface area (Å²) in [4.78, 5) is 26.5. The highest BCUT2D eigenvalue weighted by Crippen LogP contribution is 2.18. The van der Waals surface area contributed by atoms with Crippen LogP contribution >= 0.6 is 0 Å². The number of rotatable bonds is 3. The molecule has 0 spiro atoms. The topological polar surface area (TPSA) is 68.2 Å². The van der Waals surface area contributed by atoms with Crippen LogP contribution in [0.2, 0.25) is 0 Å². The highest BCUT2D eigenvalue weighted by atomic mass is 16.5. The van der Waals surface area contributed by atoms with E-state index < -0.39 is 0 Å². The van der Waals surface area contributed by atoms with Gasteiger partial charge in [-0.05, 0) is 31.9 Å². The Morgan fingerprint density at radius 3 is 2.86 bits per heavy atom. The van der Waals surface area contributed by atoms with Gasteiger partial charge in [0.1, 0.15) is 11.9 Å². The van der Waals surface area contributed by atoms with Crippen LogP contribution in [0.4, 0.5) is 0 Å². The monoisotopic (exact) mass is 298 g/mol. The van der Waals surface area contributed by atoms with Gasteiger partial charge in [0.25, 0.3) is 5.91 Å². The van der Waals surface area contributed by atoms with Crippen molar-refractivity contribution in [2.24, 2.45) is 0 Å². The fourth-order valence-corrected chi connectivity index (χ4v) is 2.57. The average Bonchev–Trinajstić information content (AvgIpc) is 2.55. The molecule has 0 aromatic carbocycles. The van der Waals surface area contributed by atoms with Crippen molar-refractivity contribution in [1.82, 2.24) is 19.9 Å². The number of aryl methyl sites for hydroxylation is 1. The zero-order chi connectivity index (χ0) is 15.4. The fraction of sp³-hybridized carbons (Fsp3) is 0.375. The van der Waals surface area contributed by atoms with Crippen molar-refractivity contribution >= 4 is 5.91 Å². The Bertz CT molecular complexity index is 648. The van der Waals surface area contributed by atoms with Crippen LogP contribution < -0.4 is 4.74 Å². The van der Waals surface area contributed by atoms with Gasteiger partial charge in [0, 0.05) is 36.8 Å². The predicted molar refractivity (Wildman–Crippen MR) is 80.6 cm³/mol. The molecule has 0 N–H and O–H groups in total. The number of carbonyl (C=O) groups excluding carboxylic acids is 1. The first-order chi connectivity index (χ1) is 10.7. The van der Waals surface area contributed by atoms with Gasteiger partial charge in [-0.1, -0.05) is 0 Å². The fourth-order valence-electron chi connectivity index (χ4n) is 2.57. The van der Waals surface area contributed by atoms with E-state index in [2.05, 4.69) is 15.0 Å². The Morgan fingerprint density at radius 2 is 2.09 bits per heavy atom. The van der Waals surface area contributed by atoms with Gasteiger partial charge in [-0.15, -0.1) is 0 Å². The smallest absolute Gasteiger partial charge is 0.254 e. The van der Waals surface area contributed by atoms with Crippen molar-refractivity contribution in [1.29, 1.82) is 0 Å². The number of aromatic nitrogens is 3. The minimum Gasteiger partial charge on any atom is -0.472 e. The van der Waals surface area contributed by atoms with Gasteiger partial charge in [-0.2, -0.15) is 4.98 Å². The lowest BCUT2D eigenvalue weighted by Crippen LogP contribution is -2.44. The summed E-state index contributed by atoms with van der Waals surface area (Å²) < 4.78 is 5.90. The van der Waals surface area contributed by atoms with Gasteiger partial charge in [-0.3, -0.25) is 9.78 Å². The van der Waals surface area contributed by atoms with E-state index in [-0.39, 0.29) is 12.0 Å². The summed E-state index contributed by atoms with van der Waals surface area (Å²) in [5, 5.41) is 0. The summed E-state index contributed by atoms with van der Waals surface area (Å²) in [5.74, 6) is 1.27. The van der Waals surface area contributed by atoms with E-state index in [1.807, 2.05) is 11.8 Å². The molecule has 1 fully saturated rings. The zero-order valence-electron chi connectivity index (χ0n) is 12.5. The van der Waals surface area contributed by atoms with Crippen LogP contribution in [0.25, 0.3) is 0 Å². The summed E-state index contributed by atoms with van der Waals surface area (Å²) in [6.45, 7) is 3.15. The van der Waals surface area contributed by atoms with Crippen LogP contribution in [0, 0.1) is 6.92 Å². The Balaban J connectivity index is 1.65. The number of likely N-dealkylation sites (tertiary alicyclic amines) is 1. The van der Waals surface area contributed by atoms with Crippen LogP contribution in [0.3, 0.4) is 0 Å². The summed E-state index contributed by atoms with van der Waals surface area (Å²) in [7, 11) is 0. The molecule has 1 aliphatic heterocycles. The maximum Gasteiger partial charge on any atom is 0.254 e. The second kappa shape index (κ2) is 6.51. The van der Waals surface area contributed by atoms with Crippen molar-refractivity contribution in [2.75, 3.05) is 13.1 Å². The minimum absolute atomic E-state index is 0.0227. The Morgan fingerprint density at radius 1 is 1.27 bits per heavy atom. The van der Waals surface area contributed by atoms with E-state index in [0.29, 0.717) is 23.8 Å². The second-order valence-electron chi connectivity index (χ2n) is 5.31. The Labute approximate surface area is 129 Å². The quantitative estimate of drug-likeness (QED) is 0.865. The molecular formula is C16H18N4O2. The number of pyridine rings is 1. The number of ether oxygens (including phenoxy) is 1. The number of amides is 1. The van der Waals surface area contributed by atoms with Crippen molar-refractivity contribution in [3.8, 4) is 5.88 Å². The normalized spacial score (nSPS) is 18.0. The molecule has 1 aliphatic rings. The molecule has 0 bridgehead atoms. The molecule has 6 nitrogen and oxygen atoms in total. The maximum absolute atomic E-state index is 12.5. The van der Waals surface area contributed by atoms with Crippen LogP contribution in [0.15, 0.2) is 36.8 Å². The first-order valence-electron chi connectivity index (χ1n) is 7.38. The van der Waals surface area contributed by atoms with Crippen molar-refractivity contribution < 1.29 is 9.53 Å². The Hall–Kier alpha value is -2.50. The third-order valence-electron chi connectivity index (χ3n) is 3.63. The molecule has 0 saturated carbocycles. The lowest BCUT2D eigenvalue weighted by atomic mass is 10.1. The largest absolute Gasteiger partial charge is 0.472 e. The van der Waals surface area contributed by atoms with E-state index in [4.69, 9.17) is 4.74 Å². The number of nitrogens with zero attached hydrogens (tertiary/aromatic N) is 4. The molecule has 6 heteroatoms. The molecule has 1 atom stereocenters. The Kier molecular flexibility index (Phi) is 4.27. The minimum atomic E-state index is -0.0335. The van der Waals surface area contributed by atoms with Crippen molar-refractivity contribution in [3.63, 3.8) is 0 Å². The number of carbonyl (C=O) groups is 1. The molecule has 1 amide bonds. The van der Waals surface area contributed by atoms with E-state index in [9.17, 15) is 4.79 Å². The summed E-state index contributed by atoms with van der Waals surface area (Å²) >= 11 is 0. The van der Waals surface area contributed by atoms with E-state index in [0.717, 1.165) is 19.4 Å². The summed E-state index contributed by atoms with van der Waals surface area (Å²) in [6, 6.07) is 5.22. The molecule has 22 heavy (non-hydrogen) atoms. The number of hydrogen-bond acceptors (Lipinski definition) is 5. The molecule has 2 aromatic heterocycles. The van der Waals surface area contributed by atoms with Gasteiger partial charge in [-0.25, -0.2) is 4.98 Å². The number of hydrogen-bond donors (Lipinski definition) is 0. The molecular weight excluding hydrogens is 280 g/mol. The van der Waals surface area contributed by atoms with Gasteiger partial charge < -0.3 is 9.64 Å². The van der Waals surface area contributed by atoms with Crippen LogP contribution in [-0.4, -0.2) is 45.0 Å². The van der Waals surface area contributed by atoms with E-state index >= 15 is 0 Å². The lowest BCUT2D eigenvalue weighted by molar-refractivity contribution is 0.0527. The van der Waals surface area contributed by atoms with Gasteiger partial charge in [0.2, 0.25) is 5.88 Å². The standard InChI is InChI=1S/C16H18N4O2/c1-12-18-9-6-15(19-12)22-14-3-2-10-20(11-14)16(21)13-4-7-17-8-5-13/h4-9,14H,2-3,10-11H2,1H3. The van der Waals surface area contributed by atoms with Gasteiger partial charge >= 0.3 is 0 Å². The lowest BCUT2D eigenvalue weighted by Gasteiger charge is -2.32. The second-order valence-corrected chi connectivity index (χ2v) is 5.31. The highest BCUT2D eigenvalue weighted by molar-refractivity contribution is 5.94. The summed E-state index contributed by atoms with van der Waals surface area (Å²) in [6.07, 6.45) is 6.76.